The Labute approximate surface area is 60.1 Å². The van der Waals surface area contributed by atoms with Gasteiger partial charge in [-0.25, -0.2) is 0 Å². The summed E-state index contributed by atoms with van der Waals surface area (Å²) >= 11 is 0. The Kier molecular flexibility index (Phi) is 1.44. The Balaban J connectivity index is 2.11. The van der Waals surface area contributed by atoms with Crippen molar-refractivity contribution in [3.8, 4) is 0 Å². The molecule has 0 aromatic heterocycles. The van der Waals surface area contributed by atoms with E-state index in [9.17, 15) is 10.2 Å². The summed E-state index contributed by atoms with van der Waals surface area (Å²) in [4.78, 5) is 0. The lowest BCUT2D eigenvalue weighted by atomic mass is 9.98. The van der Waals surface area contributed by atoms with Gasteiger partial charge in [0, 0.05) is 24.9 Å². The quantitative estimate of drug-likeness (QED) is 0.405. The highest BCUT2D eigenvalue weighted by atomic mass is 16.3. The molecule has 3 heteroatoms. The fourth-order valence-electron chi connectivity index (χ4n) is 2.16. The van der Waals surface area contributed by atoms with Gasteiger partial charge in [-0.15, -0.1) is 0 Å². The van der Waals surface area contributed by atoms with E-state index in [1.165, 1.54) is 0 Å². The van der Waals surface area contributed by atoms with Crippen LogP contribution in [0, 0.1) is 11.8 Å². The van der Waals surface area contributed by atoms with E-state index in [0.29, 0.717) is 18.3 Å². The average Bonchev–Trinajstić information content (AvgIpc) is 2.39. The number of fused-ring (bicyclic) bond motifs is 1. The molecule has 0 spiro atoms. The van der Waals surface area contributed by atoms with Crippen molar-refractivity contribution in [2.75, 3.05) is 13.1 Å². The third kappa shape index (κ3) is 0.779. The van der Waals surface area contributed by atoms with Crippen LogP contribution in [0.4, 0.5) is 0 Å². The van der Waals surface area contributed by atoms with Crippen LogP contribution in [0.3, 0.4) is 0 Å². The summed E-state index contributed by atoms with van der Waals surface area (Å²) in [6.07, 6.45) is 0.0433. The van der Waals surface area contributed by atoms with Crippen LogP contribution in [0.15, 0.2) is 0 Å². The number of aliphatic hydroxyl groups is 2. The predicted molar refractivity (Wildman–Crippen MR) is 36.5 cm³/mol. The Morgan fingerprint density at radius 2 is 1.50 bits per heavy atom. The molecule has 1 aliphatic heterocycles. The number of hydrogen-bond acceptors (Lipinski definition) is 3. The van der Waals surface area contributed by atoms with Crippen molar-refractivity contribution in [3.05, 3.63) is 0 Å². The summed E-state index contributed by atoms with van der Waals surface area (Å²) < 4.78 is 0. The Bertz CT molecular complexity index is 126. The van der Waals surface area contributed by atoms with Crippen molar-refractivity contribution in [1.29, 1.82) is 0 Å². The minimum atomic E-state index is -0.269. The summed E-state index contributed by atoms with van der Waals surface area (Å²) in [5.41, 5.74) is 0. The predicted octanol–water partition coefficient (Wildman–Crippen LogP) is -1.05. The highest BCUT2D eigenvalue weighted by Crippen LogP contribution is 2.34. The van der Waals surface area contributed by atoms with Gasteiger partial charge in [-0.05, 0) is 6.42 Å². The van der Waals surface area contributed by atoms with Gasteiger partial charge in [-0.2, -0.15) is 0 Å². The summed E-state index contributed by atoms with van der Waals surface area (Å²) in [7, 11) is 0. The SMILES string of the molecule is OC1CC(O)C2CNCC12. The fourth-order valence-corrected chi connectivity index (χ4v) is 2.16. The van der Waals surface area contributed by atoms with E-state index in [2.05, 4.69) is 5.32 Å². The summed E-state index contributed by atoms with van der Waals surface area (Å²) in [5.74, 6) is 0.630. The van der Waals surface area contributed by atoms with E-state index in [1.807, 2.05) is 0 Å². The van der Waals surface area contributed by atoms with Gasteiger partial charge in [0.25, 0.3) is 0 Å². The van der Waals surface area contributed by atoms with Crippen molar-refractivity contribution in [1.82, 2.24) is 5.32 Å². The van der Waals surface area contributed by atoms with Gasteiger partial charge in [0.15, 0.2) is 0 Å². The molecule has 2 fully saturated rings. The molecule has 0 radical (unpaired) electrons. The summed E-state index contributed by atoms with van der Waals surface area (Å²) in [5, 5.41) is 21.9. The first-order valence-electron chi connectivity index (χ1n) is 3.86. The minimum Gasteiger partial charge on any atom is -0.393 e. The third-order valence-electron chi connectivity index (χ3n) is 2.78. The van der Waals surface area contributed by atoms with Crippen LogP contribution in [-0.2, 0) is 0 Å². The van der Waals surface area contributed by atoms with Crippen LogP contribution in [0.2, 0.25) is 0 Å². The van der Waals surface area contributed by atoms with Gasteiger partial charge in [0.05, 0.1) is 12.2 Å². The van der Waals surface area contributed by atoms with Crippen LogP contribution < -0.4 is 5.32 Å². The van der Waals surface area contributed by atoms with E-state index >= 15 is 0 Å². The van der Waals surface area contributed by atoms with E-state index in [4.69, 9.17) is 0 Å². The van der Waals surface area contributed by atoms with Crippen LogP contribution >= 0.6 is 0 Å². The maximum absolute atomic E-state index is 9.37. The van der Waals surface area contributed by atoms with Crippen molar-refractivity contribution < 1.29 is 10.2 Å². The normalized spacial score (nSPS) is 53.4. The smallest absolute Gasteiger partial charge is 0.0609 e. The molecule has 4 unspecified atom stereocenters. The highest BCUT2D eigenvalue weighted by molar-refractivity contribution is 4.96. The molecule has 2 rings (SSSR count). The van der Waals surface area contributed by atoms with Crippen molar-refractivity contribution in [2.45, 2.75) is 18.6 Å². The minimum absolute atomic E-state index is 0.269. The maximum atomic E-state index is 9.37. The molecule has 1 saturated heterocycles. The summed E-state index contributed by atoms with van der Waals surface area (Å²) in [6, 6.07) is 0. The molecule has 1 heterocycles. The van der Waals surface area contributed by atoms with Gasteiger partial charge >= 0.3 is 0 Å². The molecule has 3 nitrogen and oxygen atoms in total. The third-order valence-corrected chi connectivity index (χ3v) is 2.78. The van der Waals surface area contributed by atoms with Crippen molar-refractivity contribution in [3.63, 3.8) is 0 Å². The Hall–Kier alpha value is -0.120. The fraction of sp³-hybridized carbons (Fsp3) is 1.00. The molecule has 3 N–H and O–H groups in total. The van der Waals surface area contributed by atoms with Crippen LogP contribution in [0.1, 0.15) is 6.42 Å². The van der Waals surface area contributed by atoms with E-state index in [0.717, 1.165) is 13.1 Å². The van der Waals surface area contributed by atoms with Gasteiger partial charge in [-0.1, -0.05) is 0 Å². The zero-order chi connectivity index (χ0) is 7.14. The molecular weight excluding hydrogens is 130 g/mol. The van der Waals surface area contributed by atoms with E-state index in [-0.39, 0.29) is 12.2 Å². The number of rotatable bonds is 0. The monoisotopic (exact) mass is 143 g/mol. The van der Waals surface area contributed by atoms with Gasteiger partial charge in [0.1, 0.15) is 0 Å². The molecule has 1 aliphatic carbocycles. The lowest BCUT2D eigenvalue weighted by molar-refractivity contribution is 0.116. The zero-order valence-corrected chi connectivity index (χ0v) is 5.83. The standard InChI is InChI=1S/C7H13NO2/c9-6-1-7(10)5-3-8-2-4(5)6/h4-10H,1-3H2. The second kappa shape index (κ2) is 2.19. The average molecular weight is 143 g/mol. The molecular formula is C7H13NO2. The topological polar surface area (TPSA) is 52.5 Å². The second-order valence-corrected chi connectivity index (χ2v) is 3.36. The number of nitrogens with one attached hydrogen (secondary N) is 1. The van der Waals surface area contributed by atoms with Gasteiger partial charge in [0.2, 0.25) is 0 Å². The van der Waals surface area contributed by atoms with E-state index < -0.39 is 0 Å². The van der Waals surface area contributed by atoms with E-state index in [1.54, 1.807) is 0 Å². The van der Waals surface area contributed by atoms with Crippen LogP contribution in [-0.4, -0.2) is 35.5 Å². The molecule has 2 aliphatic rings. The van der Waals surface area contributed by atoms with Gasteiger partial charge in [-0.3, -0.25) is 0 Å². The van der Waals surface area contributed by atoms with Crippen LogP contribution in [0.5, 0.6) is 0 Å². The Morgan fingerprint density at radius 3 is 2.00 bits per heavy atom. The zero-order valence-electron chi connectivity index (χ0n) is 5.83. The highest BCUT2D eigenvalue weighted by Gasteiger charge is 2.44. The first-order valence-corrected chi connectivity index (χ1v) is 3.86. The molecule has 0 aromatic rings. The lowest BCUT2D eigenvalue weighted by Gasteiger charge is -2.10. The van der Waals surface area contributed by atoms with Crippen molar-refractivity contribution >= 4 is 0 Å². The largest absolute Gasteiger partial charge is 0.393 e. The second-order valence-electron chi connectivity index (χ2n) is 3.36. The molecule has 10 heavy (non-hydrogen) atoms. The molecule has 0 amide bonds. The molecule has 0 aromatic carbocycles. The number of aliphatic hydroxyl groups excluding tert-OH is 2. The van der Waals surface area contributed by atoms with Crippen molar-refractivity contribution in [2.24, 2.45) is 11.8 Å². The molecule has 1 saturated carbocycles. The number of hydrogen-bond donors (Lipinski definition) is 3. The Morgan fingerprint density at radius 1 is 1.00 bits per heavy atom. The first kappa shape index (κ1) is 6.58. The molecule has 4 atom stereocenters. The van der Waals surface area contributed by atoms with Gasteiger partial charge < -0.3 is 15.5 Å². The lowest BCUT2D eigenvalue weighted by Crippen LogP contribution is -2.19. The maximum Gasteiger partial charge on any atom is 0.0609 e. The molecule has 58 valence electrons. The van der Waals surface area contributed by atoms with Crippen LogP contribution in [0.25, 0.3) is 0 Å². The summed E-state index contributed by atoms with van der Waals surface area (Å²) in [6.45, 7) is 1.76. The molecule has 0 bridgehead atoms. The first-order chi connectivity index (χ1) is 4.79.